The molecule has 0 unspecified atom stereocenters. The van der Waals surface area contributed by atoms with E-state index in [0.29, 0.717) is 15.4 Å². The van der Waals surface area contributed by atoms with Gasteiger partial charge in [-0.05, 0) is 41.1 Å². The second-order valence-electron chi connectivity index (χ2n) is 5.49. The van der Waals surface area contributed by atoms with Crippen molar-refractivity contribution in [3.05, 3.63) is 68.5 Å². The number of fused-ring (bicyclic) bond motifs is 1. The number of rotatable bonds is 4. The van der Waals surface area contributed by atoms with Gasteiger partial charge >= 0.3 is 5.63 Å². The van der Waals surface area contributed by atoms with E-state index in [9.17, 15) is 18.3 Å². The summed E-state index contributed by atoms with van der Waals surface area (Å²) in [6.07, 6.45) is 1.20. The Hall–Kier alpha value is -1.21. The summed E-state index contributed by atoms with van der Waals surface area (Å²) in [5.41, 5.74) is 0.774. The van der Waals surface area contributed by atoms with Crippen LogP contribution in [0.15, 0.2) is 66.1 Å². The fourth-order valence-electron chi connectivity index (χ4n) is 2.24. The third-order valence-electron chi connectivity index (χ3n) is 3.55. The normalized spacial score (nSPS) is 11.5. The van der Waals surface area contributed by atoms with Crippen LogP contribution in [0.4, 0.5) is 0 Å². The van der Waals surface area contributed by atoms with Gasteiger partial charge in [0.25, 0.3) is 10.0 Å². The Morgan fingerprint density at radius 3 is 2.52 bits per heavy atom. The Morgan fingerprint density at radius 2 is 1.85 bits per heavy atom. The smallest absolute Gasteiger partial charge is 0.336 e. The van der Waals surface area contributed by atoms with Gasteiger partial charge in [-0.2, -0.15) is 13.5 Å². The van der Waals surface area contributed by atoms with Crippen LogP contribution in [0, 0.1) is 51.0 Å². The maximum absolute atomic E-state index is 12.2. The van der Waals surface area contributed by atoms with E-state index in [0.717, 1.165) is 5.56 Å². The van der Waals surface area contributed by atoms with Crippen molar-refractivity contribution in [3.63, 3.8) is 0 Å². The van der Waals surface area contributed by atoms with Gasteiger partial charge in [0.15, 0.2) is 0 Å². The monoisotopic (exact) mass is 663 g/mol. The fourth-order valence-corrected chi connectivity index (χ4v) is 3.37. The van der Waals surface area contributed by atoms with Gasteiger partial charge in [0.1, 0.15) is 11.3 Å². The van der Waals surface area contributed by atoms with Gasteiger partial charge in [0.2, 0.25) is 0 Å². The Kier molecular flexibility index (Phi) is 7.25. The van der Waals surface area contributed by atoms with Crippen LogP contribution in [0.2, 0.25) is 0 Å². The van der Waals surface area contributed by atoms with Crippen LogP contribution in [0.25, 0.3) is 11.0 Å². The van der Waals surface area contributed by atoms with Gasteiger partial charge in [-0.15, -0.1) is 0 Å². The molecule has 3 aromatic rings. The van der Waals surface area contributed by atoms with Crippen LogP contribution in [-0.2, 0) is 10.0 Å². The molecule has 1 radical (unpaired) electrons. The van der Waals surface area contributed by atoms with Gasteiger partial charge < -0.3 is 9.52 Å². The van der Waals surface area contributed by atoms with Gasteiger partial charge in [-0.25, -0.2) is 9.63 Å². The molecule has 0 aliphatic carbocycles. The van der Waals surface area contributed by atoms with Crippen LogP contribution >= 0.6 is 15.9 Å². The van der Waals surface area contributed by atoms with Crippen molar-refractivity contribution < 1.29 is 62.0 Å². The molecule has 7 nitrogen and oxygen atoms in total. The topological polar surface area (TPSA) is 109 Å². The second-order valence-corrected chi connectivity index (χ2v) is 8.00. The van der Waals surface area contributed by atoms with Crippen LogP contribution in [0.3, 0.4) is 0 Å². The third kappa shape index (κ3) is 5.19. The number of aromatic hydroxyl groups is 1. The Balaban J connectivity index is 0.00000261. The first-order valence-corrected chi connectivity index (χ1v) is 9.62. The van der Waals surface area contributed by atoms with Gasteiger partial charge in [-0.1, -0.05) is 17.7 Å². The average molecular weight is 664 g/mol. The molecule has 0 atom stereocenters. The minimum Gasteiger partial charge on any atom is -0.507 e. The summed E-state index contributed by atoms with van der Waals surface area (Å²) in [7, 11) is -3.82. The van der Waals surface area contributed by atoms with Crippen molar-refractivity contribution in [2.45, 2.75) is 11.8 Å². The van der Waals surface area contributed by atoms with Crippen molar-refractivity contribution in [3.8, 4) is 5.75 Å². The van der Waals surface area contributed by atoms with Crippen molar-refractivity contribution in [2.24, 2.45) is 5.10 Å². The van der Waals surface area contributed by atoms with E-state index in [1.807, 2.05) is 6.92 Å². The molecule has 137 valence electrons. The molecule has 1 aromatic heterocycles. The van der Waals surface area contributed by atoms with E-state index < -0.39 is 15.6 Å². The van der Waals surface area contributed by atoms with Gasteiger partial charge in [0, 0.05) is 67.1 Å². The number of hydrogen-bond acceptors (Lipinski definition) is 6. The largest absolute Gasteiger partial charge is 0.507 e. The number of benzene rings is 2. The molecule has 0 aliphatic heterocycles. The summed E-state index contributed by atoms with van der Waals surface area (Å²) < 4.78 is 29.9. The Labute approximate surface area is 199 Å². The van der Waals surface area contributed by atoms with E-state index in [1.165, 1.54) is 30.5 Å². The number of nitrogens with zero attached hydrogens (tertiary/aromatic N) is 1. The van der Waals surface area contributed by atoms with E-state index in [-0.39, 0.29) is 60.3 Å². The first-order valence-electron chi connectivity index (χ1n) is 7.34. The summed E-state index contributed by atoms with van der Waals surface area (Å²) in [5.74, 6) is -0.0881. The molecule has 0 aliphatic rings. The molecule has 2 N–H and O–H groups in total. The van der Waals surface area contributed by atoms with Crippen LogP contribution < -0.4 is 10.5 Å². The van der Waals surface area contributed by atoms with Crippen LogP contribution in [-0.4, -0.2) is 19.7 Å². The summed E-state index contributed by atoms with van der Waals surface area (Å²) in [6.45, 7) is 1.85. The van der Waals surface area contributed by atoms with Crippen molar-refractivity contribution in [1.29, 1.82) is 0 Å². The van der Waals surface area contributed by atoms with Gasteiger partial charge in [0.05, 0.1) is 15.6 Å². The van der Waals surface area contributed by atoms with Crippen molar-refractivity contribution >= 4 is 43.1 Å². The molecule has 0 saturated heterocycles. The van der Waals surface area contributed by atoms with E-state index in [1.54, 1.807) is 18.2 Å². The number of aryl methyl sites for hydroxylation is 1. The zero-order valence-electron chi connectivity index (χ0n) is 14.0. The number of nitrogens with one attached hydrogen (secondary N) is 1. The zero-order chi connectivity index (χ0) is 18.9. The molecule has 0 fully saturated rings. The number of phenols is 1. The molecule has 0 bridgehead atoms. The average Bonchev–Trinajstić information content (AvgIpc) is 2.57. The van der Waals surface area contributed by atoms with Crippen LogP contribution in [0.5, 0.6) is 5.75 Å². The van der Waals surface area contributed by atoms with Gasteiger partial charge in [-0.3, -0.25) is 0 Å². The third-order valence-corrected chi connectivity index (χ3v) is 5.43. The number of hydrogen-bond donors (Lipinski definition) is 2. The predicted molar refractivity (Wildman–Crippen MR) is 101 cm³/mol. The van der Waals surface area contributed by atoms with Crippen LogP contribution in [0.1, 0.15) is 11.1 Å². The first kappa shape index (κ1) is 22.1. The Bertz CT molecular complexity index is 1170. The molecular formula is C17H13AcBrN2O5S. The van der Waals surface area contributed by atoms with E-state index in [2.05, 4.69) is 25.9 Å². The van der Waals surface area contributed by atoms with Crippen molar-refractivity contribution in [1.82, 2.24) is 4.83 Å². The molecular weight excluding hydrogens is 651 g/mol. The number of hydrazone groups is 1. The number of sulfonamides is 1. The summed E-state index contributed by atoms with van der Waals surface area (Å²) in [6, 6.07) is 10.3. The number of halogens is 1. The molecule has 0 amide bonds. The molecule has 10 heteroatoms. The standard InChI is InChI=1S/C17H13BrN2O5S.Ac/c1-10-2-4-12(5-3-10)26(23,24)20-19-9-11-6-17(22)25-16-8-15(21)14(18)7-13(11)16;/h2-9,20-21H,1H3;/b19-9-;. The summed E-state index contributed by atoms with van der Waals surface area (Å²) >= 11 is 3.18. The maximum atomic E-state index is 12.2. The molecule has 0 spiro atoms. The second kappa shape index (κ2) is 8.86. The minimum atomic E-state index is -3.82. The first-order chi connectivity index (χ1) is 12.3. The Morgan fingerprint density at radius 1 is 1.19 bits per heavy atom. The molecule has 3 rings (SSSR count). The quantitative estimate of drug-likeness (QED) is 0.254. The predicted octanol–water partition coefficient (Wildman–Crippen LogP) is 2.88. The zero-order valence-corrected chi connectivity index (χ0v) is 21.2. The number of phenolic OH excluding ortho intramolecular Hbond substituents is 1. The minimum absolute atomic E-state index is 0. The van der Waals surface area contributed by atoms with E-state index >= 15 is 0 Å². The molecule has 1 heterocycles. The SMILES string of the molecule is Cc1ccc(S(=O)(=O)N/N=C\c2cc(=O)oc3cc(O)c(Br)cc23)cc1.[Ac]. The molecule has 0 saturated carbocycles. The van der Waals surface area contributed by atoms with Crippen molar-refractivity contribution in [2.75, 3.05) is 0 Å². The summed E-state index contributed by atoms with van der Waals surface area (Å²) in [4.78, 5) is 13.8. The maximum Gasteiger partial charge on any atom is 0.336 e. The fraction of sp³-hybridized carbons (Fsp3) is 0.0588. The molecule has 2 aromatic carbocycles. The summed E-state index contributed by atoms with van der Waals surface area (Å²) in [5, 5.41) is 13.9. The molecule has 27 heavy (non-hydrogen) atoms. The van der Waals surface area contributed by atoms with E-state index in [4.69, 9.17) is 4.42 Å².